The van der Waals surface area contributed by atoms with Gasteiger partial charge in [-0.3, -0.25) is 4.68 Å². The molecule has 0 unspecified atom stereocenters. The third-order valence-corrected chi connectivity index (χ3v) is 3.94. The van der Waals surface area contributed by atoms with Gasteiger partial charge in [0.2, 0.25) is 0 Å². The van der Waals surface area contributed by atoms with Crippen LogP contribution in [0, 0.1) is 5.92 Å². The molecule has 110 valence electrons. The molecular weight excluding hydrogens is 236 g/mol. The zero-order valence-corrected chi connectivity index (χ0v) is 13.4. The molecule has 0 saturated heterocycles. The maximum atomic E-state index is 6.32. The molecule has 0 saturated carbocycles. The van der Waals surface area contributed by atoms with Crippen LogP contribution in [0.15, 0.2) is 0 Å². The molecule has 0 amide bonds. The van der Waals surface area contributed by atoms with Crippen LogP contribution in [-0.2, 0) is 7.05 Å². The van der Waals surface area contributed by atoms with Crippen LogP contribution in [0.25, 0.3) is 0 Å². The van der Waals surface area contributed by atoms with Gasteiger partial charge in [0, 0.05) is 20.1 Å². The topological polar surface area (TPSA) is 47.1 Å². The molecule has 0 spiro atoms. The summed E-state index contributed by atoms with van der Waals surface area (Å²) in [6.45, 7) is 13.0. The Morgan fingerprint density at radius 1 is 1.21 bits per heavy atom. The van der Waals surface area contributed by atoms with E-state index in [2.05, 4.69) is 44.6 Å². The van der Waals surface area contributed by atoms with Crippen molar-refractivity contribution in [3.63, 3.8) is 0 Å². The number of nitrogens with zero attached hydrogens (tertiary/aromatic N) is 3. The second-order valence-electron chi connectivity index (χ2n) is 5.62. The predicted octanol–water partition coefficient (Wildman–Crippen LogP) is 3.39. The van der Waals surface area contributed by atoms with Gasteiger partial charge in [0.05, 0.1) is 11.4 Å². The highest BCUT2D eigenvalue weighted by molar-refractivity contribution is 5.67. The summed E-state index contributed by atoms with van der Waals surface area (Å²) in [5, 5.41) is 4.59. The molecule has 2 N–H and O–H groups in total. The lowest BCUT2D eigenvalue weighted by Crippen LogP contribution is -2.31. The first-order valence-electron chi connectivity index (χ1n) is 7.53. The van der Waals surface area contributed by atoms with Crippen LogP contribution >= 0.6 is 0 Å². The molecule has 1 aromatic heterocycles. The van der Waals surface area contributed by atoms with Crippen molar-refractivity contribution in [2.75, 3.05) is 23.7 Å². The average Bonchev–Trinajstić information content (AvgIpc) is 2.68. The number of hydrogen-bond donors (Lipinski definition) is 1. The molecule has 0 radical (unpaired) electrons. The Kier molecular flexibility index (Phi) is 5.70. The van der Waals surface area contributed by atoms with Gasteiger partial charge in [0.25, 0.3) is 0 Å². The Balaban J connectivity index is 3.04. The number of anilines is 2. The van der Waals surface area contributed by atoms with Gasteiger partial charge < -0.3 is 10.6 Å². The highest BCUT2D eigenvalue weighted by atomic mass is 15.4. The number of aromatic nitrogens is 2. The smallest absolute Gasteiger partial charge is 0.150 e. The molecule has 4 nitrogen and oxygen atoms in total. The zero-order valence-electron chi connectivity index (χ0n) is 13.4. The number of rotatable bonds is 7. The molecule has 0 aliphatic rings. The van der Waals surface area contributed by atoms with Crippen molar-refractivity contribution >= 4 is 11.5 Å². The highest BCUT2D eigenvalue weighted by Gasteiger charge is 2.21. The lowest BCUT2D eigenvalue weighted by molar-refractivity contribution is 0.481. The molecule has 19 heavy (non-hydrogen) atoms. The van der Waals surface area contributed by atoms with Gasteiger partial charge in [-0.2, -0.15) is 5.10 Å². The minimum absolute atomic E-state index is 0.367. The average molecular weight is 266 g/mol. The fraction of sp³-hybridized carbons (Fsp3) is 0.800. The summed E-state index contributed by atoms with van der Waals surface area (Å²) in [6, 6.07) is 0. The van der Waals surface area contributed by atoms with Gasteiger partial charge >= 0.3 is 0 Å². The fourth-order valence-corrected chi connectivity index (χ4v) is 2.58. The highest BCUT2D eigenvalue weighted by Crippen LogP contribution is 2.31. The van der Waals surface area contributed by atoms with E-state index in [1.165, 1.54) is 12.8 Å². The molecule has 0 fully saturated rings. The molecule has 0 bridgehead atoms. The van der Waals surface area contributed by atoms with Gasteiger partial charge in [-0.25, -0.2) is 0 Å². The van der Waals surface area contributed by atoms with Crippen LogP contribution in [0.3, 0.4) is 0 Å². The third kappa shape index (κ3) is 3.43. The van der Waals surface area contributed by atoms with Crippen molar-refractivity contribution in [2.45, 2.75) is 53.4 Å². The van der Waals surface area contributed by atoms with Gasteiger partial charge in [-0.15, -0.1) is 0 Å². The Morgan fingerprint density at radius 3 is 2.16 bits per heavy atom. The lowest BCUT2D eigenvalue weighted by atomic mass is 10.0. The van der Waals surface area contributed by atoms with E-state index in [9.17, 15) is 0 Å². The van der Waals surface area contributed by atoms with Crippen molar-refractivity contribution in [2.24, 2.45) is 13.0 Å². The molecule has 1 aromatic rings. The summed E-state index contributed by atoms with van der Waals surface area (Å²) < 4.78 is 1.94. The Morgan fingerprint density at radius 2 is 1.79 bits per heavy atom. The first-order valence-corrected chi connectivity index (χ1v) is 7.53. The lowest BCUT2D eigenvalue weighted by Gasteiger charge is -2.27. The number of hydrogen-bond acceptors (Lipinski definition) is 3. The first-order chi connectivity index (χ1) is 8.96. The predicted molar refractivity (Wildman–Crippen MR) is 83.7 cm³/mol. The molecular formula is C15H30N4. The second kappa shape index (κ2) is 6.83. The van der Waals surface area contributed by atoms with Crippen molar-refractivity contribution in [1.29, 1.82) is 0 Å². The maximum Gasteiger partial charge on any atom is 0.150 e. The van der Waals surface area contributed by atoms with E-state index in [4.69, 9.17) is 5.73 Å². The molecule has 0 aromatic carbocycles. The molecule has 0 atom stereocenters. The summed E-state index contributed by atoms with van der Waals surface area (Å²) in [4.78, 5) is 2.37. The van der Waals surface area contributed by atoms with Crippen LogP contribution in [0.2, 0.25) is 0 Å². The maximum absolute atomic E-state index is 6.32. The van der Waals surface area contributed by atoms with Crippen LogP contribution < -0.4 is 10.6 Å². The van der Waals surface area contributed by atoms with Gasteiger partial charge in [0.15, 0.2) is 0 Å². The Bertz CT molecular complexity index is 391. The zero-order chi connectivity index (χ0) is 14.6. The Hall–Kier alpha value is -1.19. The Labute approximate surface area is 118 Å². The summed E-state index contributed by atoms with van der Waals surface area (Å²) in [5.74, 6) is 2.17. The third-order valence-electron chi connectivity index (χ3n) is 3.94. The fourth-order valence-electron chi connectivity index (χ4n) is 2.58. The summed E-state index contributed by atoms with van der Waals surface area (Å²) in [5.41, 5.74) is 8.18. The van der Waals surface area contributed by atoms with Crippen molar-refractivity contribution in [3.05, 3.63) is 5.69 Å². The molecule has 0 aliphatic heterocycles. The normalized spacial score (nSPS) is 11.6. The van der Waals surface area contributed by atoms with Gasteiger partial charge in [0.1, 0.15) is 5.82 Å². The van der Waals surface area contributed by atoms with E-state index in [1.54, 1.807) is 0 Å². The van der Waals surface area contributed by atoms with Gasteiger partial charge in [-0.1, -0.05) is 40.5 Å². The van der Waals surface area contributed by atoms with E-state index in [0.717, 1.165) is 36.2 Å². The molecule has 4 heteroatoms. The van der Waals surface area contributed by atoms with Crippen molar-refractivity contribution < 1.29 is 0 Å². The number of aryl methyl sites for hydroxylation is 1. The van der Waals surface area contributed by atoms with Crippen LogP contribution in [0.4, 0.5) is 11.5 Å². The van der Waals surface area contributed by atoms with E-state index < -0.39 is 0 Å². The van der Waals surface area contributed by atoms with Crippen LogP contribution in [0.1, 0.15) is 59.1 Å². The quantitative estimate of drug-likeness (QED) is 0.823. The molecule has 0 aliphatic carbocycles. The van der Waals surface area contributed by atoms with E-state index >= 15 is 0 Å². The molecule has 1 rings (SSSR count). The van der Waals surface area contributed by atoms with Crippen molar-refractivity contribution in [1.82, 2.24) is 9.78 Å². The second-order valence-corrected chi connectivity index (χ2v) is 5.62. The largest absolute Gasteiger partial charge is 0.394 e. The first kappa shape index (κ1) is 15.9. The van der Waals surface area contributed by atoms with Crippen molar-refractivity contribution in [3.8, 4) is 0 Å². The van der Waals surface area contributed by atoms with E-state index in [-0.39, 0.29) is 0 Å². The van der Waals surface area contributed by atoms with Crippen LogP contribution in [0.5, 0.6) is 0 Å². The number of nitrogen functional groups attached to an aromatic ring is 1. The summed E-state index contributed by atoms with van der Waals surface area (Å²) >= 11 is 0. The minimum atomic E-state index is 0.367. The summed E-state index contributed by atoms with van der Waals surface area (Å²) in [7, 11) is 1.99. The van der Waals surface area contributed by atoms with Gasteiger partial charge in [-0.05, 0) is 18.8 Å². The SMILES string of the molecule is CCC(CC)CN(CC)c1c(N)c(C(C)C)nn1C. The van der Waals surface area contributed by atoms with E-state index in [1.807, 2.05) is 11.7 Å². The number of nitrogens with two attached hydrogens (primary N) is 1. The standard InChI is InChI=1S/C15H30N4/c1-7-12(8-2)10-19(9-3)15-13(16)14(11(4)5)17-18(15)6/h11-12H,7-10,16H2,1-6H3. The van der Waals surface area contributed by atoms with E-state index in [0.29, 0.717) is 5.92 Å². The minimum Gasteiger partial charge on any atom is -0.394 e. The molecule has 1 heterocycles. The van der Waals surface area contributed by atoms with Crippen LogP contribution in [-0.4, -0.2) is 22.9 Å². The monoisotopic (exact) mass is 266 g/mol. The summed E-state index contributed by atoms with van der Waals surface area (Å²) in [6.07, 6.45) is 2.42.